The lowest BCUT2D eigenvalue weighted by atomic mass is 10.1. The number of alkyl halides is 1. The quantitative estimate of drug-likeness (QED) is 0.688. The Hall–Kier alpha value is -0.690. The summed E-state index contributed by atoms with van der Waals surface area (Å²) in [6.45, 7) is 6.24. The van der Waals surface area contributed by atoms with Crippen LogP contribution in [0.3, 0.4) is 0 Å². The summed E-state index contributed by atoms with van der Waals surface area (Å²) < 4.78 is 5.76. The fourth-order valence-electron chi connectivity index (χ4n) is 1.23. The molecule has 14 heavy (non-hydrogen) atoms. The number of rotatable bonds is 4. The molecule has 0 aliphatic heterocycles. The predicted molar refractivity (Wildman–Crippen MR) is 61.1 cm³/mol. The average molecular weight is 213 g/mol. The molecule has 0 radical (unpaired) electrons. The highest BCUT2D eigenvalue weighted by molar-refractivity contribution is 6.17. The number of aryl methyl sites for hydroxylation is 1. The van der Waals surface area contributed by atoms with Crippen molar-refractivity contribution in [3.63, 3.8) is 0 Å². The molecule has 0 spiro atoms. The van der Waals surface area contributed by atoms with Gasteiger partial charge in [0.15, 0.2) is 0 Å². The number of ether oxygens (including phenoxy) is 1. The van der Waals surface area contributed by atoms with E-state index in [1.165, 1.54) is 5.56 Å². The summed E-state index contributed by atoms with van der Waals surface area (Å²) >= 11 is 5.85. The maximum absolute atomic E-state index is 5.85. The molecule has 0 N–H and O–H groups in total. The molecule has 1 nitrogen and oxygen atoms in total. The highest BCUT2D eigenvalue weighted by atomic mass is 35.5. The lowest BCUT2D eigenvalue weighted by molar-refractivity contribution is 0.216. The van der Waals surface area contributed by atoms with E-state index in [0.29, 0.717) is 5.88 Å². The maximum Gasteiger partial charge on any atom is 0.124 e. The number of hydrogen-bond donors (Lipinski definition) is 0. The van der Waals surface area contributed by atoms with Crippen LogP contribution < -0.4 is 4.74 Å². The lowest BCUT2D eigenvalue weighted by Gasteiger charge is -2.15. The van der Waals surface area contributed by atoms with Gasteiger partial charge in [-0.25, -0.2) is 0 Å². The van der Waals surface area contributed by atoms with Gasteiger partial charge >= 0.3 is 0 Å². The van der Waals surface area contributed by atoms with Crippen molar-refractivity contribution in [2.75, 3.05) is 0 Å². The minimum atomic E-state index is 0.250. The monoisotopic (exact) mass is 212 g/mol. The van der Waals surface area contributed by atoms with Crippen molar-refractivity contribution in [2.45, 2.75) is 39.2 Å². The molecule has 1 aromatic rings. The van der Waals surface area contributed by atoms with Gasteiger partial charge in [0.25, 0.3) is 0 Å². The second kappa shape index (κ2) is 5.26. The van der Waals surface area contributed by atoms with E-state index in [9.17, 15) is 0 Å². The fourth-order valence-corrected chi connectivity index (χ4v) is 1.44. The first-order valence-electron chi connectivity index (χ1n) is 4.99. The summed E-state index contributed by atoms with van der Waals surface area (Å²) in [7, 11) is 0. The van der Waals surface area contributed by atoms with Crippen molar-refractivity contribution in [3.8, 4) is 5.75 Å². The average Bonchev–Trinajstić information content (AvgIpc) is 2.20. The van der Waals surface area contributed by atoms with Gasteiger partial charge in [0.2, 0.25) is 0 Å². The van der Waals surface area contributed by atoms with E-state index in [0.717, 1.165) is 17.7 Å². The third-order valence-corrected chi connectivity index (χ3v) is 2.55. The van der Waals surface area contributed by atoms with E-state index < -0.39 is 0 Å². The van der Waals surface area contributed by atoms with Crippen LogP contribution in [0.2, 0.25) is 0 Å². The SMILES string of the molecule is CCC(C)Oc1ccc(C)cc1CCl. The standard InChI is InChI=1S/C12H17ClO/c1-4-10(3)14-12-6-5-9(2)7-11(12)8-13/h5-7,10H,4,8H2,1-3H3. The van der Waals surface area contributed by atoms with Crippen molar-refractivity contribution in [2.24, 2.45) is 0 Å². The van der Waals surface area contributed by atoms with Crippen molar-refractivity contribution < 1.29 is 4.74 Å². The minimum Gasteiger partial charge on any atom is -0.490 e. The van der Waals surface area contributed by atoms with E-state index in [1.54, 1.807) is 0 Å². The van der Waals surface area contributed by atoms with Crippen LogP contribution in [0, 0.1) is 6.92 Å². The maximum atomic E-state index is 5.85. The van der Waals surface area contributed by atoms with Gasteiger partial charge in [-0.05, 0) is 26.3 Å². The molecule has 78 valence electrons. The molecule has 1 atom stereocenters. The fraction of sp³-hybridized carbons (Fsp3) is 0.500. The zero-order chi connectivity index (χ0) is 10.6. The zero-order valence-electron chi connectivity index (χ0n) is 9.01. The molecule has 1 unspecified atom stereocenters. The summed E-state index contributed by atoms with van der Waals surface area (Å²) in [5, 5.41) is 0. The molecule has 0 heterocycles. The topological polar surface area (TPSA) is 9.23 Å². The highest BCUT2D eigenvalue weighted by Gasteiger charge is 2.06. The van der Waals surface area contributed by atoms with Crippen molar-refractivity contribution >= 4 is 11.6 Å². The molecule has 2 heteroatoms. The molecule has 1 rings (SSSR count). The number of halogens is 1. The van der Waals surface area contributed by atoms with Crippen LogP contribution in [0.4, 0.5) is 0 Å². The van der Waals surface area contributed by atoms with E-state index in [1.807, 2.05) is 12.1 Å². The molecule has 0 saturated heterocycles. The van der Waals surface area contributed by atoms with Crippen LogP contribution in [-0.2, 0) is 5.88 Å². The van der Waals surface area contributed by atoms with E-state index in [-0.39, 0.29) is 6.10 Å². The van der Waals surface area contributed by atoms with Crippen molar-refractivity contribution in [1.82, 2.24) is 0 Å². The third kappa shape index (κ3) is 2.91. The second-order valence-electron chi connectivity index (χ2n) is 3.58. The molecule has 0 aromatic heterocycles. The molecule has 0 fully saturated rings. The summed E-state index contributed by atoms with van der Waals surface area (Å²) in [4.78, 5) is 0. The van der Waals surface area contributed by atoms with Crippen LogP contribution in [0.25, 0.3) is 0 Å². The van der Waals surface area contributed by atoms with Crippen LogP contribution in [-0.4, -0.2) is 6.10 Å². The Bertz CT molecular complexity index is 296. The van der Waals surface area contributed by atoms with Crippen LogP contribution >= 0.6 is 11.6 Å². The van der Waals surface area contributed by atoms with Crippen LogP contribution in [0.5, 0.6) is 5.75 Å². The van der Waals surface area contributed by atoms with Crippen molar-refractivity contribution in [3.05, 3.63) is 29.3 Å². The molecule has 0 aliphatic carbocycles. The van der Waals surface area contributed by atoms with Gasteiger partial charge in [-0.1, -0.05) is 24.6 Å². The summed E-state index contributed by atoms with van der Waals surface area (Å²) in [5.74, 6) is 1.42. The molecule has 0 saturated carbocycles. The first-order valence-corrected chi connectivity index (χ1v) is 5.53. The van der Waals surface area contributed by atoms with Gasteiger partial charge in [0.05, 0.1) is 12.0 Å². The van der Waals surface area contributed by atoms with Crippen LogP contribution in [0.1, 0.15) is 31.4 Å². The summed E-state index contributed by atoms with van der Waals surface area (Å²) in [5.41, 5.74) is 2.30. The van der Waals surface area contributed by atoms with Crippen LogP contribution in [0.15, 0.2) is 18.2 Å². The van der Waals surface area contributed by atoms with Gasteiger partial charge < -0.3 is 4.74 Å². The Labute approximate surface area is 91.0 Å². The Balaban J connectivity index is 2.85. The predicted octanol–water partition coefficient (Wildman–Crippen LogP) is 3.91. The zero-order valence-corrected chi connectivity index (χ0v) is 9.77. The van der Waals surface area contributed by atoms with Gasteiger partial charge in [-0.2, -0.15) is 0 Å². The van der Waals surface area contributed by atoms with Gasteiger partial charge in [0.1, 0.15) is 5.75 Å². The number of hydrogen-bond acceptors (Lipinski definition) is 1. The third-order valence-electron chi connectivity index (χ3n) is 2.26. The minimum absolute atomic E-state index is 0.250. The Morgan fingerprint density at radius 2 is 2.14 bits per heavy atom. The first kappa shape index (κ1) is 11.4. The molecule has 0 bridgehead atoms. The molecule has 0 aliphatic rings. The Morgan fingerprint density at radius 1 is 1.43 bits per heavy atom. The van der Waals surface area contributed by atoms with Crippen molar-refractivity contribution in [1.29, 1.82) is 0 Å². The highest BCUT2D eigenvalue weighted by Crippen LogP contribution is 2.23. The second-order valence-corrected chi connectivity index (χ2v) is 3.85. The smallest absolute Gasteiger partial charge is 0.124 e. The first-order chi connectivity index (χ1) is 6.67. The molecular formula is C12H17ClO. The summed E-state index contributed by atoms with van der Waals surface area (Å²) in [6, 6.07) is 6.12. The van der Waals surface area contributed by atoms with E-state index in [2.05, 4.69) is 26.8 Å². The largest absolute Gasteiger partial charge is 0.490 e. The lowest BCUT2D eigenvalue weighted by Crippen LogP contribution is -2.10. The molecular weight excluding hydrogens is 196 g/mol. The Morgan fingerprint density at radius 3 is 2.71 bits per heavy atom. The molecule has 0 amide bonds. The van der Waals surface area contributed by atoms with E-state index in [4.69, 9.17) is 16.3 Å². The molecule has 1 aromatic carbocycles. The normalized spacial score (nSPS) is 12.6. The van der Waals surface area contributed by atoms with E-state index >= 15 is 0 Å². The summed E-state index contributed by atoms with van der Waals surface area (Å²) in [6.07, 6.45) is 1.26. The van der Waals surface area contributed by atoms with Gasteiger partial charge in [0, 0.05) is 5.56 Å². The van der Waals surface area contributed by atoms with Gasteiger partial charge in [-0.15, -0.1) is 11.6 Å². The van der Waals surface area contributed by atoms with Gasteiger partial charge in [-0.3, -0.25) is 0 Å². The number of benzene rings is 1. The Kier molecular flexibility index (Phi) is 4.27.